The Hall–Kier alpha value is -1.96. The van der Waals surface area contributed by atoms with Gasteiger partial charge in [-0.15, -0.1) is 0 Å². The molecule has 0 radical (unpaired) electrons. The Balaban J connectivity index is 1.92. The fourth-order valence-electron chi connectivity index (χ4n) is 2.49. The molecule has 1 aliphatic heterocycles. The molecule has 22 heavy (non-hydrogen) atoms. The van der Waals surface area contributed by atoms with Gasteiger partial charge in [0.25, 0.3) is 0 Å². The number of hydrogen-bond acceptors (Lipinski definition) is 7. The minimum absolute atomic E-state index is 0.00714. The van der Waals surface area contributed by atoms with Crippen LogP contribution >= 0.6 is 0 Å². The number of aromatic nitrogens is 3. The zero-order valence-electron chi connectivity index (χ0n) is 13.5. The quantitative estimate of drug-likeness (QED) is 0.790. The smallest absolute Gasteiger partial charge is 0.237 e. The summed E-state index contributed by atoms with van der Waals surface area (Å²) >= 11 is 0. The number of carbonyl (C=O) groups is 1. The molecule has 0 aromatic carbocycles. The van der Waals surface area contributed by atoms with Crippen molar-refractivity contribution in [3.63, 3.8) is 0 Å². The molecule has 0 bridgehead atoms. The van der Waals surface area contributed by atoms with E-state index < -0.39 is 0 Å². The standard InChI is InChI=1S/C14H25N7O/c1-10(21-7-5-4-6-8-21)12(22)16-9-11-17-13(15)19-14(18-11)20(2)3/h10H,4-9H2,1-3H3,(H,16,22)(H2,15,17,18,19)/t10-/m0/s1. The van der Waals surface area contributed by atoms with Crippen LogP contribution in [0.15, 0.2) is 0 Å². The topological polar surface area (TPSA) is 100 Å². The third-order valence-corrected chi connectivity index (χ3v) is 3.83. The molecule has 2 rings (SSSR count). The number of amides is 1. The van der Waals surface area contributed by atoms with E-state index >= 15 is 0 Å². The first-order valence-corrected chi connectivity index (χ1v) is 7.67. The van der Waals surface area contributed by atoms with Gasteiger partial charge in [0, 0.05) is 14.1 Å². The van der Waals surface area contributed by atoms with Gasteiger partial charge in [-0.3, -0.25) is 9.69 Å². The minimum Gasteiger partial charge on any atom is -0.368 e. The van der Waals surface area contributed by atoms with Gasteiger partial charge in [-0.1, -0.05) is 6.42 Å². The predicted octanol–water partition coefficient (Wildman–Crippen LogP) is 0.0104. The summed E-state index contributed by atoms with van der Waals surface area (Å²) in [4.78, 5) is 28.6. The van der Waals surface area contributed by atoms with Gasteiger partial charge in [0.15, 0.2) is 5.82 Å². The molecular weight excluding hydrogens is 282 g/mol. The zero-order valence-corrected chi connectivity index (χ0v) is 13.5. The fourth-order valence-corrected chi connectivity index (χ4v) is 2.49. The number of carbonyl (C=O) groups excluding carboxylic acids is 1. The Morgan fingerprint density at radius 3 is 2.59 bits per heavy atom. The van der Waals surface area contributed by atoms with Crippen LogP contribution in [0, 0.1) is 0 Å². The molecule has 3 N–H and O–H groups in total. The Kier molecular flexibility index (Phi) is 5.48. The molecule has 1 aromatic rings. The highest BCUT2D eigenvalue weighted by molar-refractivity contribution is 5.81. The number of hydrogen-bond donors (Lipinski definition) is 2. The van der Waals surface area contributed by atoms with Crippen LogP contribution in [0.3, 0.4) is 0 Å². The lowest BCUT2D eigenvalue weighted by atomic mass is 10.1. The molecule has 1 atom stereocenters. The molecule has 122 valence electrons. The van der Waals surface area contributed by atoms with Crippen molar-refractivity contribution in [1.82, 2.24) is 25.2 Å². The van der Waals surface area contributed by atoms with E-state index in [4.69, 9.17) is 5.73 Å². The number of nitrogen functional groups attached to an aromatic ring is 1. The van der Waals surface area contributed by atoms with Gasteiger partial charge in [-0.2, -0.15) is 15.0 Å². The molecule has 0 spiro atoms. The van der Waals surface area contributed by atoms with Crippen LogP contribution in [-0.2, 0) is 11.3 Å². The van der Waals surface area contributed by atoms with Crippen LogP contribution in [0.5, 0.6) is 0 Å². The van der Waals surface area contributed by atoms with Crippen molar-refractivity contribution in [1.29, 1.82) is 0 Å². The van der Waals surface area contributed by atoms with Gasteiger partial charge >= 0.3 is 0 Å². The monoisotopic (exact) mass is 307 g/mol. The van der Waals surface area contributed by atoms with Gasteiger partial charge in [0.2, 0.25) is 17.8 Å². The number of nitrogens with two attached hydrogens (primary N) is 1. The van der Waals surface area contributed by atoms with E-state index in [2.05, 4.69) is 25.2 Å². The Labute approximate surface area is 131 Å². The first kappa shape index (κ1) is 16.4. The summed E-state index contributed by atoms with van der Waals surface area (Å²) in [5.74, 6) is 1.11. The lowest BCUT2D eigenvalue weighted by Gasteiger charge is -2.31. The van der Waals surface area contributed by atoms with Crippen LogP contribution in [0.4, 0.5) is 11.9 Å². The van der Waals surface area contributed by atoms with E-state index in [1.165, 1.54) is 6.42 Å². The number of nitrogens with one attached hydrogen (secondary N) is 1. The second kappa shape index (κ2) is 7.35. The van der Waals surface area contributed by atoms with Crippen LogP contribution < -0.4 is 16.0 Å². The number of anilines is 2. The third kappa shape index (κ3) is 4.27. The van der Waals surface area contributed by atoms with Crippen molar-refractivity contribution >= 4 is 17.8 Å². The summed E-state index contributed by atoms with van der Waals surface area (Å²) in [5.41, 5.74) is 5.67. The van der Waals surface area contributed by atoms with E-state index in [1.807, 2.05) is 21.0 Å². The average molecular weight is 307 g/mol. The van der Waals surface area contributed by atoms with Crippen LogP contribution in [-0.4, -0.2) is 59.0 Å². The van der Waals surface area contributed by atoms with Crippen molar-refractivity contribution in [3.05, 3.63) is 5.82 Å². The van der Waals surface area contributed by atoms with Crippen LogP contribution in [0.25, 0.3) is 0 Å². The molecule has 8 heteroatoms. The molecule has 1 amide bonds. The van der Waals surface area contributed by atoms with Gasteiger partial charge in [-0.25, -0.2) is 0 Å². The number of nitrogens with zero attached hydrogens (tertiary/aromatic N) is 5. The number of piperidine rings is 1. The van der Waals surface area contributed by atoms with Crippen LogP contribution in [0.1, 0.15) is 32.0 Å². The molecule has 1 aliphatic rings. The zero-order chi connectivity index (χ0) is 16.1. The van der Waals surface area contributed by atoms with Gasteiger partial charge < -0.3 is 16.0 Å². The third-order valence-electron chi connectivity index (χ3n) is 3.83. The normalized spacial score (nSPS) is 17.0. The summed E-state index contributed by atoms with van der Waals surface area (Å²) in [6.07, 6.45) is 3.57. The second-order valence-electron chi connectivity index (χ2n) is 5.79. The van der Waals surface area contributed by atoms with Crippen molar-refractivity contribution in [3.8, 4) is 0 Å². The molecule has 8 nitrogen and oxygen atoms in total. The fraction of sp³-hybridized carbons (Fsp3) is 0.714. The minimum atomic E-state index is -0.132. The Morgan fingerprint density at radius 2 is 1.95 bits per heavy atom. The number of likely N-dealkylation sites (tertiary alicyclic amines) is 1. The molecule has 0 aliphatic carbocycles. The first-order valence-electron chi connectivity index (χ1n) is 7.67. The molecule has 1 fully saturated rings. The second-order valence-corrected chi connectivity index (χ2v) is 5.79. The van der Waals surface area contributed by atoms with Crippen molar-refractivity contribution in [2.24, 2.45) is 0 Å². The van der Waals surface area contributed by atoms with E-state index in [0.29, 0.717) is 11.8 Å². The highest BCUT2D eigenvalue weighted by Crippen LogP contribution is 2.12. The van der Waals surface area contributed by atoms with E-state index in [1.54, 1.807) is 4.90 Å². The lowest BCUT2D eigenvalue weighted by Crippen LogP contribution is -2.47. The highest BCUT2D eigenvalue weighted by Gasteiger charge is 2.22. The van der Waals surface area contributed by atoms with Gasteiger partial charge in [0.1, 0.15) is 0 Å². The molecule has 0 saturated carbocycles. The maximum Gasteiger partial charge on any atom is 0.237 e. The SMILES string of the molecule is C[C@@H](C(=O)NCc1nc(N)nc(N(C)C)n1)N1CCCCC1. The maximum absolute atomic E-state index is 12.3. The van der Waals surface area contributed by atoms with Crippen molar-refractivity contribution in [2.75, 3.05) is 37.8 Å². The molecule has 0 unspecified atom stereocenters. The summed E-state index contributed by atoms with van der Waals surface area (Å²) < 4.78 is 0. The summed E-state index contributed by atoms with van der Waals surface area (Å²) in [6, 6.07) is -0.132. The molecular formula is C14H25N7O. The largest absolute Gasteiger partial charge is 0.368 e. The number of rotatable bonds is 5. The van der Waals surface area contributed by atoms with Crippen LogP contribution in [0.2, 0.25) is 0 Å². The van der Waals surface area contributed by atoms with Gasteiger partial charge in [0.05, 0.1) is 12.6 Å². The van der Waals surface area contributed by atoms with Crippen molar-refractivity contribution in [2.45, 2.75) is 38.8 Å². The first-order chi connectivity index (χ1) is 10.5. The van der Waals surface area contributed by atoms with E-state index in [0.717, 1.165) is 25.9 Å². The summed E-state index contributed by atoms with van der Waals surface area (Å²) in [7, 11) is 3.66. The maximum atomic E-state index is 12.3. The molecule has 2 heterocycles. The highest BCUT2D eigenvalue weighted by atomic mass is 16.2. The summed E-state index contributed by atoms with van der Waals surface area (Å²) in [6.45, 7) is 4.16. The van der Waals surface area contributed by atoms with E-state index in [-0.39, 0.29) is 24.4 Å². The molecule has 1 saturated heterocycles. The van der Waals surface area contributed by atoms with Crippen molar-refractivity contribution < 1.29 is 4.79 Å². The van der Waals surface area contributed by atoms with Gasteiger partial charge in [-0.05, 0) is 32.9 Å². The predicted molar refractivity (Wildman–Crippen MR) is 85.3 cm³/mol. The van der Waals surface area contributed by atoms with E-state index in [9.17, 15) is 4.79 Å². The lowest BCUT2D eigenvalue weighted by molar-refractivity contribution is -0.126. The molecule has 1 aromatic heterocycles. The average Bonchev–Trinajstić information content (AvgIpc) is 2.52. The Morgan fingerprint density at radius 1 is 1.27 bits per heavy atom. The Bertz CT molecular complexity index is 514. The summed E-state index contributed by atoms with van der Waals surface area (Å²) in [5, 5.41) is 2.88.